The van der Waals surface area contributed by atoms with Crippen LogP contribution in [0.4, 0.5) is 0 Å². The molecule has 0 aliphatic carbocycles. The van der Waals surface area contributed by atoms with Crippen molar-refractivity contribution >= 4 is 40.5 Å². The van der Waals surface area contributed by atoms with Crippen LogP contribution in [0.2, 0.25) is 0 Å². The molecule has 0 saturated heterocycles. The Morgan fingerprint density at radius 3 is 2.46 bits per heavy atom. The highest BCUT2D eigenvalue weighted by atomic mass is 32.1. The van der Waals surface area contributed by atoms with E-state index in [9.17, 15) is 14.4 Å². The lowest BCUT2D eigenvalue weighted by molar-refractivity contribution is 0.0519. The van der Waals surface area contributed by atoms with Crippen molar-refractivity contribution in [2.24, 2.45) is 0 Å². The lowest BCUT2D eigenvalue weighted by Gasteiger charge is -2.12. The van der Waals surface area contributed by atoms with Crippen molar-refractivity contribution < 1.29 is 19.1 Å². The van der Waals surface area contributed by atoms with Crippen LogP contribution in [-0.2, 0) is 11.2 Å². The number of carbonyl (C=O) groups excluding carboxylic acids is 3. The van der Waals surface area contributed by atoms with Crippen LogP contribution in [0.15, 0.2) is 35.0 Å². The zero-order chi connectivity index (χ0) is 19.7. The summed E-state index contributed by atoms with van der Waals surface area (Å²) in [5.74, 6) is -0.987. The van der Waals surface area contributed by atoms with E-state index in [2.05, 4.69) is 9.97 Å². The van der Waals surface area contributed by atoms with Crippen molar-refractivity contribution in [2.75, 3.05) is 13.2 Å². The van der Waals surface area contributed by atoms with Crippen LogP contribution in [0.5, 0.6) is 0 Å². The molecule has 28 heavy (non-hydrogen) atoms. The van der Waals surface area contributed by atoms with Gasteiger partial charge in [0.15, 0.2) is 5.69 Å². The monoisotopic (exact) mass is 413 g/mol. The van der Waals surface area contributed by atoms with Gasteiger partial charge in [-0.05, 0) is 19.1 Å². The second kappa shape index (κ2) is 7.61. The summed E-state index contributed by atoms with van der Waals surface area (Å²) in [6, 6.07) is 6.83. The summed E-state index contributed by atoms with van der Waals surface area (Å²) < 4.78 is 4.94. The van der Waals surface area contributed by atoms with Gasteiger partial charge in [-0.1, -0.05) is 12.1 Å². The van der Waals surface area contributed by atoms with E-state index in [4.69, 9.17) is 4.74 Å². The van der Waals surface area contributed by atoms with E-state index in [-0.39, 0.29) is 24.1 Å². The molecule has 9 heteroatoms. The maximum atomic E-state index is 12.4. The molecule has 2 aromatic heterocycles. The molecule has 1 aliphatic heterocycles. The summed E-state index contributed by atoms with van der Waals surface area (Å²) in [6.45, 7) is 2.31. The highest BCUT2D eigenvalue weighted by Crippen LogP contribution is 2.27. The number of hydrogen-bond donors (Lipinski definition) is 0. The molecule has 1 aliphatic rings. The second-order valence-electron chi connectivity index (χ2n) is 5.94. The highest BCUT2D eigenvalue weighted by molar-refractivity contribution is 7.14. The van der Waals surface area contributed by atoms with Crippen molar-refractivity contribution in [3.8, 4) is 10.7 Å². The van der Waals surface area contributed by atoms with Gasteiger partial charge in [0, 0.05) is 23.7 Å². The lowest BCUT2D eigenvalue weighted by atomic mass is 10.1. The average molecular weight is 413 g/mol. The molecule has 7 nitrogen and oxygen atoms in total. The quantitative estimate of drug-likeness (QED) is 0.455. The number of thiazole rings is 2. The number of nitrogens with zero attached hydrogens (tertiary/aromatic N) is 3. The van der Waals surface area contributed by atoms with Crippen LogP contribution in [0, 0.1) is 0 Å². The average Bonchev–Trinajstić information content (AvgIpc) is 3.41. The number of amides is 2. The van der Waals surface area contributed by atoms with E-state index in [0.717, 1.165) is 5.01 Å². The SMILES string of the molecule is CCOC(=O)c1csc(-c2csc(CCN3C(=O)c4ccccc4C3=O)n2)n1. The van der Waals surface area contributed by atoms with E-state index < -0.39 is 5.97 Å². The van der Waals surface area contributed by atoms with E-state index in [1.54, 1.807) is 36.6 Å². The number of fused-ring (bicyclic) bond motifs is 1. The molecule has 0 radical (unpaired) electrons. The summed E-state index contributed by atoms with van der Waals surface area (Å²) in [5, 5.41) is 4.92. The van der Waals surface area contributed by atoms with Gasteiger partial charge in [-0.15, -0.1) is 22.7 Å². The predicted molar refractivity (Wildman–Crippen MR) is 105 cm³/mol. The Labute approximate surface area is 168 Å². The molecule has 142 valence electrons. The molecule has 0 bridgehead atoms. The fourth-order valence-electron chi connectivity index (χ4n) is 2.86. The fourth-order valence-corrected chi connectivity index (χ4v) is 4.46. The Morgan fingerprint density at radius 2 is 1.79 bits per heavy atom. The topological polar surface area (TPSA) is 89.5 Å². The van der Waals surface area contributed by atoms with Gasteiger partial charge in [0.2, 0.25) is 0 Å². The van der Waals surface area contributed by atoms with Crippen LogP contribution in [0.25, 0.3) is 10.7 Å². The van der Waals surface area contributed by atoms with Gasteiger partial charge in [-0.3, -0.25) is 14.5 Å². The molecule has 3 aromatic rings. The first-order valence-corrected chi connectivity index (χ1v) is 10.4. The van der Waals surface area contributed by atoms with Gasteiger partial charge in [0.25, 0.3) is 11.8 Å². The third-order valence-electron chi connectivity index (χ3n) is 4.19. The van der Waals surface area contributed by atoms with Crippen LogP contribution in [0.3, 0.4) is 0 Å². The first-order valence-electron chi connectivity index (χ1n) is 8.61. The Balaban J connectivity index is 1.43. The highest BCUT2D eigenvalue weighted by Gasteiger charge is 2.34. The van der Waals surface area contributed by atoms with Crippen molar-refractivity contribution in [3.63, 3.8) is 0 Å². The van der Waals surface area contributed by atoms with Crippen LogP contribution in [0.1, 0.15) is 43.1 Å². The van der Waals surface area contributed by atoms with Crippen molar-refractivity contribution in [2.45, 2.75) is 13.3 Å². The maximum absolute atomic E-state index is 12.4. The lowest BCUT2D eigenvalue weighted by Crippen LogP contribution is -2.31. The first-order chi connectivity index (χ1) is 13.6. The molecule has 1 aromatic carbocycles. The molecule has 0 fully saturated rings. The summed E-state index contributed by atoms with van der Waals surface area (Å²) >= 11 is 2.75. The predicted octanol–water partition coefficient (Wildman–Crippen LogP) is 3.28. The largest absolute Gasteiger partial charge is 0.461 e. The van der Waals surface area contributed by atoms with Gasteiger partial charge >= 0.3 is 5.97 Å². The minimum atomic E-state index is -0.453. The number of imide groups is 1. The van der Waals surface area contributed by atoms with Gasteiger partial charge in [0.1, 0.15) is 10.7 Å². The Kier molecular flexibility index (Phi) is 5.01. The fraction of sp³-hybridized carbons (Fsp3) is 0.211. The molecule has 0 saturated carbocycles. The van der Waals surface area contributed by atoms with Crippen LogP contribution >= 0.6 is 22.7 Å². The van der Waals surface area contributed by atoms with E-state index in [1.807, 2.05) is 5.38 Å². The van der Waals surface area contributed by atoms with Crippen LogP contribution < -0.4 is 0 Å². The van der Waals surface area contributed by atoms with Gasteiger partial charge in [-0.2, -0.15) is 0 Å². The molecule has 0 unspecified atom stereocenters. The molecule has 0 atom stereocenters. The Morgan fingerprint density at radius 1 is 1.07 bits per heavy atom. The molecule has 4 rings (SSSR count). The zero-order valence-electron chi connectivity index (χ0n) is 14.9. The maximum Gasteiger partial charge on any atom is 0.357 e. The molecular weight excluding hydrogens is 398 g/mol. The van der Waals surface area contributed by atoms with Crippen molar-refractivity contribution in [1.29, 1.82) is 0 Å². The number of hydrogen-bond acceptors (Lipinski definition) is 8. The molecule has 0 spiro atoms. The summed E-state index contributed by atoms with van der Waals surface area (Å²) in [6.07, 6.45) is 0.465. The normalized spacial score (nSPS) is 13.1. The first kappa shape index (κ1) is 18.5. The Bertz CT molecular complexity index is 1040. The summed E-state index contributed by atoms with van der Waals surface area (Å²) in [7, 11) is 0. The van der Waals surface area contributed by atoms with Gasteiger partial charge < -0.3 is 4.74 Å². The van der Waals surface area contributed by atoms with E-state index in [0.29, 0.717) is 34.9 Å². The van der Waals surface area contributed by atoms with Crippen molar-refractivity contribution in [1.82, 2.24) is 14.9 Å². The van der Waals surface area contributed by atoms with E-state index in [1.165, 1.54) is 27.6 Å². The number of ether oxygens (including phenoxy) is 1. The molecule has 0 N–H and O–H groups in total. The number of esters is 1. The number of benzene rings is 1. The molecular formula is C19H15N3O4S2. The molecule has 2 amide bonds. The Hall–Kier alpha value is -2.91. The number of carbonyl (C=O) groups is 3. The zero-order valence-corrected chi connectivity index (χ0v) is 16.5. The van der Waals surface area contributed by atoms with Gasteiger partial charge in [0.05, 0.1) is 22.7 Å². The minimum absolute atomic E-state index is 0.266. The molecule has 3 heterocycles. The van der Waals surface area contributed by atoms with Crippen molar-refractivity contribution in [3.05, 3.63) is 56.9 Å². The number of aromatic nitrogens is 2. The van der Waals surface area contributed by atoms with E-state index >= 15 is 0 Å². The smallest absolute Gasteiger partial charge is 0.357 e. The minimum Gasteiger partial charge on any atom is -0.461 e. The van der Waals surface area contributed by atoms with Crippen LogP contribution in [-0.4, -0.2) is 45.8 Å². The number of rotatable bonds is 6. The summed E-state index contributed by atoms with van der Waals surface area (Å²) in [4.78, 5) is 46.6. The van der Waals surface area contributed by atoms with Gasteiger partial charge in [-0.25, -0.2) is 14.8 Å². The second-order valence-corrected chi connectivity index (χ2v) is 7.74. The standard InChI is InChI=1S/C19H15N3O4S2/c1-2-26-19(25)14-10-28-16(21-14)13-9-27-15(20-13)7-8-22-17(23)11-5-3-4-6-12(11)18(22)24/h3-6,9-10H,2,7-8H2,1H3. The summed E-state index contributed by atoms with van der Waals surface area (Å²) in [5.41, 5.74) is 1.83. The third-order valence-corrected chi connectivity index (χ3v) is 5.96. The third kappa shape index (κ3) is 3.34.